The first-order valence-corrected chi connectivity index (χ1v) is 5.60. The maximum absolute atomic E-state index is 8.64. The van der Waals surface area contributed by atoms with Crippen molar-refractivity contribution in [2.75, 3.05) is 0 Å². The maximum Gasteiger partial charge on any atom is 0.0996 e. The molecule has 15 heavy (non-hydrogen) atoms. The van der Waals surface area contributed by atoms with Gasteiger partial charge in [0, 0.05) is 0 Å². The lowest BCUT2D eigenvalue weighted by Crippen LogP contribution is -2.15. The lowest BCUT2D eigenvalue weighted by Gasteiger charge is -2.22. The number of nitrogens with zero attached hydrogens (tertiary/aromatic N) is 4. The van der Waals surface area contributed by atoms with Gasteiger partial charge in [-0.2, -0.15) is 5.26 Å². The molecule has 0 aliphatic heterocycles. The minimum atomic E-state index is 0.374. The van der Waals surface area contributed by atoms with Crippen LogP contribution in [0, 0.1) is 18.3 Å². The summed E-state index contributed by atoms with van der Waals surface area (Å²) in [6.45, 7) is 2.02. The molecular formula is C11H16N4. The van der Waals surface area contributed by atoms with Crippen LogP contribution in [0.5, 0.6) is 0 Å². The Bertz CT molecular complexity index is 368. The number of hydrogen-bond acceptors (Lipinski definition) is 3. The molecule has 1 aromatic rings. The molecule has 1 heterocycles. The summed E-state index contributed by atoms with van der Waals surface area (Å²) in [5, 5.41) is 16.9. The quantitative estimate of drug-likeness (QED) is 0.741. The summed E-state index contributed by atoms with van der Waals surface area (Å²) >= 11 is 0. The first kappa shape index (κ1) is 10.2. The minimum absolute atomic E-state index is 0.374. The van der Waals surface area contributed by atoms with Gasteiger partial charge < -0.3 is 0 Å². The van der Waals surface area contributed by atoms with Gasteiger partial charge in [0.05, 0.1) is 29.9 Å². The summed E-state index contributed by atoms with van der Waals surface area (Å²) in [7, 11) is 0. The van der Waals surface area contributed by atoms with Crippen LogP contribution in [0.2, 0.25) is 0 Å². The Hall–Kier alpha value is -1.37. The average Bonchev–Trinajstić information content (AvgIpc) is 2.63. The van der Waals surface area contributed by atoms with Crippen LogP contribution in [0.4, 0.5) is 0 Å². The number of nitriles is 1. The first-order chi connectivity index (χ1) is 7.33. The van der Waals surface area contributed by atoms with Crippen molar-refractivity contribution in [1.29, 1.82) is 5.26 Å². The van der Waals surface area contributed by atoms with E-state index in [1.54, 1.807) is 0 Å². The maximum atomic E-state index is 8.64. The summed E-state index contributed by atoms with van der Waals surface area (Å²) in [5.41, 5.74) is 1.91. The fourth-order valence-corrected chi connectivity index (χ4v) is 2.28. The van der Waals surface area contributed by atoms with Gasteiger partial charge in [0.25, 0.3) is 0 Å². The van der Waals surface area contributed by atoms with Crippen molar-refractivity contribution in [3.05, 3.63) is 11.4 Å². The second-order valence-electron chi connectivity index (χ2n) is 4.19. The van der Waals surface area contributed by atoms with Crippen LogP contribution < -0.4 is 0 Å². The Morgan fingerprint density at radius 2 is 2.13 bits per heavy atom. The van der Waals surface area contributed by atoms with Crippen molar-refractivity contribution < 1.29 is 0 Å². The highest BCUT2D eigenvalue weighted by atomic mass is 15.4. The molecule has 0 amide bonds. The zero-order valence-electron chi connectivity index (χ0n) is 9.11. The van der Waals surface area contributed by atoms with Gasteiger partial charge in [-0.3, -0.25) is 0 Å². The smallest absolute Gasteiger partial charge is 0.0996 e. The third-order valence-corrected chi connectivity index (χ3v) is 3.19. The molecule has 1 aliphatic rings. The molecule has 0 saturated heterocycles. The van der Waals surface area contributed by atoms with Gasteiger partial charge >= 0.3 is 0 Å². The van der Waals surface area contributed by atoms with E-state index in [1.165, 1.54) is 32.1 Å². The highest BCUT2D eigenvalue weighted by Gasteiger charge is 2.19. The summed E-state index contributed by atoms with van der Waals surface area (Å²) in [6, 6.07) is 2.64. The fraction of sp³-hybridized carbons (Fsp3) is 0.727. The molecule has 80 valence electrons. The van der Waals surface area contributed by atoms with Gasteiger partial charge in [0.2, 0.25) is 0 Å². The van der Waals surface area contributed by atoms with Gasteiger partial charge in [-0.1, -0.05) is 24.5 Å². The van der Waals surface area contributed by atoms with E-state index in [9.17, 15) is 0 Å². The van der Waals surface area contributed by atoms with Crippen LogP contribution in [0.1, 0.15) is 49.5 Å². The molecule has 0 aromatic carbocycles. The van der Waals surface area contributed by atoms with Crippen LogP contribution in [0.3, 0.4) is 0 Å². The lowest BCUT2D eigenvalue weighted by atomic mass is 9.95. The van der Waals surface area contributed by atoms with Crippen LogP contribution in [0.15, 0.2) is 0 Å². The Morgan fingerprint density at radius 3 is 2.80 bits per heavy atom. The molecule has 1 aromatic heterocycles. The van der Waals surface area contributed by atoms with Crippen molar-refractivity contribution >= 4 is 0 Å². The normalized spacial score (nSPS) is 17.6. The van der Waals surface area contributed by atoms with Crippen molar-refractivity contribution in [3.63, 3.8) is 0 Å². The van der Waals surface area contributed by atoms with Crippen LogP contribution in [0.25, 0.3) is 0 Å². The molecule has 0 unspecified atom stereocenters. The summed E-state index contributed by atoms with van der Waals surface area (Å²) in [6.07, 6.45) is 6.70. The van der Waals surface area contributed by atoms with E-state index in [4.69, 9.17) is 5.26 Å². The third-order valence-electron chi connectivity index (χ3n) is 3.19. The van der Waals surface area contributed by atoms with E-state index in [1.807, 2.05) is 11.6 Å². The molecule has 0 radical (unpaired) electrons. The summed E-state index contributed by atoms with van der Waals surface area (Å²) < 4.78 is 2.02. The fourth-order valence-electron chi connectivity index (χ4n) is 2.28. The van der Waals surface area contributed by atoms with E-state index in [0.29, 0.717) is 12.5 Å². The third kappa shape index (κ3) is 2.01. The van der Waals surface area contributed by atoms with Gasteiger partial charge in [0.15, 0.2) is 0 Å². The zero-order valence-corrected chi connectivity index (χ0v) is 9.11. The Labute approximate surface area is 89.9 Å². The number of aromatic nitrogens is 3. The number of hydrogen-bond donors (Lipinski definition) is 0. The number of rotatable bonds is 2. The van der Waals surface area contributed by atoms with Crippen LogP contribution >= 0.6 is 0 Å². The van der Waals surface area contributed by atoms with Gasteiger partial charge in [-0.15, -0.1) is 5.10 Å². The highest BCUT2D eigenvalue weighted by molar-refractivity contribution is 5.12. The Kier molecular flexibility index (Phi) is 3.00. The summed E-state index contributed by atoms with van der Waals surface area (Å²) in [4.78, 5) is 0. The monoisotopic (exact) mass is 204 g/mol. The molecule has 1 aliphatic carbocycles. The molecular weight excluding hydrogens is 188 g/mol. The molecule has 0 spiro atoms. The SMILES string of the molecule is Cc1c(CC#N)nnn1C1CCCCC1. The molecule has 4 heteroatoms. The molecule has 2 rings (SSSR count). The largest absolute Gasteiger partial charge is 0.246 e. The van der Waals surface area contributed by atoms with Gasteiger partial charge in [-0.25, -0.2) is 4.68 Å². The van der Waals surface area contributed by atoms with Crippen molar-refractivity contribution in [1.82, 2.24) is 15.0 Å². The highest BCUT2D eigenvalue weighted by Crippen LogP contribution is 2.28. The second kappa shape index (κ2) is 4.43. The summed E-state index contributed by atoms with van der Waals surface area (Å²) in [5.74, 6) is 0. The van der Waals surface area contributed by atoms with Crippen LogP contribution in [-0.2, 0) is 6.42 Å². The zero-order chi connectivity index (χ0) is 10.7. The van der Waals surface area contributed by atoms with Crippen molar-refractivity contribution in [2.24, 2.45) is 0 Å². The Morgan fingerprint density at radius 1 is 1.40 bits per heavy atom. The van der Waals surface area contributed by atoms with Crippen molar-refractivity contribution in [3.8, 4) is 6.07 Å². The average molecular weight is 204 g/mol. The molecule has 4 nitrogen and oxygen atoms in total. The van der Waals surface area contributed by atoms with Gasteiger partial charge in [0.1, 0.15) is 0 Å². The van der Waals surface area contributed by atoms with Crippen molar-refractivity contribution in [2.45, 2.75) is 51.5 Å². The van der Waals surface area contributed by atoms with E-state index in [0.717, 1.165) is 11.4 Å². The molecule has 0 N–H and O–H groups in total. The Balaban J connectivity index is 2.17. The molecule has 1 saturated carbocycles. The minimum Gasteiger partial charge on any atom is -0.246 e. The lowest BCUT2D eigenvalue weighted by molar-refractivity contribution is 0.319. The van der Waals surface area contributed by atoms with E-state index < -0.39 is 0 Å². The first-order valence-electron chi connectivity index (χ1n) is 5.60. The predicted octanol–water partition coefficient (Wildman–Crippen LogP) is 2.16. The van der Waals surface area contributed by atoms with Crippen LogP contribution in [-0.4, -0.2) is 15.0 Å². The topological polar surface area (TPSA) is 54.5 Å². The van der Waals surface area contributed by atoms with E-state index in [2.05, 4.69) is 16.4 Å². The second-order valence-corrected chi connectivity index (χ2v) is 4.19. The molecule has 1 fully saturated rings. The van der Waals surface area contributed by atoms with Gasteiger partial charge in [-0.05, 0) is 19.8 Å². The van der Waals surface area contributed by atoms with E-state index in [-0.39, 0.29) is 0 Å². The predicted molar refractivity (Wildman–Crippen MR) is 56.2 cm³/mol. The molecule has 0 bridgehead atoms. The van der Waals surface area contributed by atoms with E-state index >= 15 is 0 Å². The standard InChI is InChI=1S/C11H16N4/c1-9-11(7-8-12)13-14-15(9)10-5-3-2-4-6-10/h10H,2-7H2,1H3. The molecule has 0 atom stereocenters.